The van der Waals surface area contributed by atoms with E-state index >= 15 is 0 Å². The molecule has 2 rings (SSSR count). The zero-order valence-corrected chi connectivity index (χ0v) is 11.2. The van der Waals surface area contributed by atoms with Crippen molar-refractivity contribution in [3.8, 4) is 5.75 Å². The van der Waals surface area contributed by atoms with Gasteiger partial charge in [-0.25, -0.2) is 0 Å². The molecule has 1 aromatic rings. The molecule has 1 aliphatic heterocycles. The molecule has 0 radical (unpaired) electrons. The zero-order valence-electron chi connectivity index (χ0n) is 11.2. The number of ether oxygens (including phenoxy) is 2. The van der Waals surface area contributed by atoms with E-state index in [1.807, 2.05) is 0 Å². The standard InChI is InChI=1S/C14H15F3O3/c1-3-19-13(18)11-7-20-12-5-4-9(14(15,16)17)6-10(12)8(11)2/h4-6,8,11H,3,7H2,1-2H3. The van der Waals surface area contributed by atoms with Gasteiger partial charge in [0.2, 0.25) is 0 Å². The van der Waals surface area contributed by atoms with Crippen LogP contribution in [0.5, 0.6) is 5.75 Å². The lowest BCUT2D eigenvalue weighted by Gasteiger charge is -2.30. The van der Waals surface area contributed by atoms with Gasteiger partial charge in [0.05, 0.1) is 18.1 Å². The Hall–Kier alpha value is -1.72. The summed E-state index contributed by atoms with van der Waals surface area (Å²) in [6, 6.07) is 3.33. The lowest BCUT2D eigenvalue weighted by molar-refractivity contribution is -0.150. The van der Waals surface area contributed by atoms with Crippen molar-refractivity contribution in [1.82, 2.24) is 0 Å². The second-order valence-corrected chi connectivity index (χ2v) is 4.71. The van der Waals surface area contributed by atoms with Crippen molar-refractivity contribution in [3.63, 3.8) is 0 Å². The molecule has 20 heavy (non-hydrogen) atoms. The molecule has 1 heterocycles. The van der Waals surface area contributed by atoms with Gasteiger partial charge in [0.15, 0.2) is 0 Å². The van der Waals surface area contributed by atoms with Gasteiger partial charge in [-0.3, -0.25) is 4.79 Å². The lowest BCUT2D eigenvalue weighted by Crippen LogP contribution is -2.32. The number of halogens is 3. The minimum atomic E-state index is -4.41. The molecular formula is C14H15F3O3. The second kappa shape index (κ2) is 5.34. The van der Waals surface area contributed by atoms with Crippen molar-refractivity contribution < 1.29 is 27.4 Å². The Kier molecular flexibility index (Phi) is 3.92. The predicted octanol–water partition coefficient (Wildman–Crippen LogP) is 3.38. The summed E-state index contributed by atoms with van der Waals surface area (Å²) in [5, 5.41) is 0. The van der Waals surface area contributed by atoms with Gasteiger partial charge in [0.25, 0.3) is 0 Å². The molecule has 6 heteroatoms. The van der Waals surface area contributed by atoms with Crippen LogP contribution in [0.3, 0.4) is 0 Å². The molecule has 110 valence electrons. The maximum atomic E-state index is 12.7. The molecule has 1 aliphatic rings. The molecule has 2 unspecified atom stereocenters. The first kappa shape index (κ1) is 14.7. The van der Waals surface area contributed by atoms with Crippen LogP contribution in [-0.4, -0.2) is 19.2 Å². The average Bonchev–Trinajstić information content (AvgIpc) is 2.38. The van der Waals surface area contributed by atoms with E-state index in [9.17, 15) is 18.0 Å². The van der Waals surface area contributed by atoms with Gasteiger partial charge in [-0.05, 0) is 30.7 Å². The fraction of sp³-hybridized carbons (Fsp3) is 0.500. The van der Waals surface area contributed by atoms with Gasteiger partial charge in [-0.2, -0.15) is 13.2 Å². The number of alkyl halides is 3. The van der Waals surface area contributed by atoms with Gasteiger partial charge >= 0.3 is 12.1 Å². The fourth-order valence-electron chi connectivity index (χ4n) is 2.27. The molecule has 0 N–H and O–H groups in total. The second-order valence-electron chi connectivity index (χ2n) is 4.71. The van der Waals surface area contributed by atoms with Crippen LogP contribution in [0.4, 0.5) is 13.2 Å². The largest absolute Gasteiger partial charge is 0.492 e. The highest BCUT2D eigenvalue weighted by Crippen LogP contribution is 2.40. The minimum Gasteiger partial charge on any atom is -0.492 e. The quantitative estimate of drug-likeness (QED) is 0.783. The van der Waals surface area contributed by atoms with E-state index in [2.05, 4.69) is 0 Å². The number of carbonyl (C=O) groups excluding carboxylic acids is 1. The van der Waals surface area contributed by atoms with Crippen molar-refractivity contribution in [2.45, 2.75) is 25.9 Å². The number of carbonyl (C=O) groups is 1. The Labute approximate surface area is 114 Å². The summed E-state index contributed by atoms with van der Waals surface area (Å²) in [6.45, 7) is 3.75. The Morgan fingerprint density at radius 1 is 1.45 bits per heavy atom. The van der Waals surface area contributed by atoms with Crippen LogP contribution >= 0.6 is 0 Å². The monoisotopic (exact) mass is 288 g/mol. The van der Waals surface area contributed by atoms with E-state index in [0.717, 1.165) is 12.1 Å². The van der Waals surface area contributed by atoms with E-state index in [1.54, 1.807) is 13.8 Å². The number of hydrogen-bond acceptors (Lipinski definition) is 3. The van der Waals surface area contributed by atoms with Gasteiger partial charge in [0, 0.05) is 5.92 Å². The third-order valence-electron chi connectivity index (χ3n) is 3.44. The Morgan fingerprint density at radius 3 is 2.75 bits per heavy atom. The van der Waals surface area contributed by atoms with E-state index in [4.69, 9.17) is 9.47 Å². The molecule has 0 amide bonds. The number of benzene rings is 1. The average molecular weight is 288 g/mol. The molecule has 0 spiro atoms. The van der Waals surface area contributed by atoms with Crippen molar-refractivity contribution in [3.05, 3.63) is 29.3 Å². The SMILES string of the molecule is CCOC(=O)C1COc2ccc(C(F)(F)F)cc2C1C. The number of hydrogen-bond donors (Lipinski definition) is 0. The van der Waals surface area contributed by atoms with Crippen LogP contribution in [0, 0.1) is 5.92 Å². The van der Waals surface area contributed by atoms with Crippen LogP contribution in [0.25, 0.3) is 0 Å². The van der Waals surface area contributed by atoms with Crippen LogP contribution in [0.15, 0.2) is 18.2 Å². The summed E-state index contributed by atoms with van der Waals surface area (Å²) < 4.78 is 48.5. The summed E-state index contributed by atoms with van der Waals surface area (Å²) in [5.41, 5.74) is -0.347. The van der Waals surface area contributed by atoms with Crippen molar-refractivity contribution >= 4 is 5.97 Å². The maximum Gasteiger partial charge on any atom is 0.416 e. The van der Waals surface area contributed by atoms with Crippen LogP contribution < -0.4 is 4.74 Å². The first-order chi connectivity index (χ1) is 9.34. The zero-order chi connectivity index (χ0) is 14.9. The fourth-order valence-corrected chi connectivity index (χ4v) is 2.27. The molecule has 0 saturated heterocycles. The normalized spacial score (nSPS) is 21.9. The van der Waals surface area contributed by atoms with E-state index < -0.39 is 23.6 Å². The third-order valence-corrected chi connectivity index (χ3v) is 3.44. The summed E-state index contributed by atoms with van der Waals surface area (Å²) in [6.07, 6.45) is -4.41. The molecule has 0 saturated carbocycles. The lowest BCUT2D eigenvalue weighted by atomic mass is 9.85. The molecule has 0 bridgehead atoms. The van der Waals surface area contributed by atoms with Crippen molar-refractivity contribution in [1.29, 1.82) is 0 Å². The number of fused-ring (bicyclic) bond motifs is 1. The topological polar surface area (TPSA) is 35.5 Å². The highest BCUT2D eigenvalue weighted by Gasteiger charge is 2.37. The third kappa shape index (κ3) is 2.73. The van der Waals surface area contributed by atoms with E-state index in [-0.39, 0.29) is 19.1 Å². The molecule has 3 nitrogen and oxygen atoms in total. The Bertz CT molecular complexity index is 511. The predicted molar refractivity (Wildman–Crippen MR) is 65.5 cm³/mol. The maximum absolute atomic E-state index is 12.7. The summed E-state index contributed by atoms with van der Waals surface area (Å²) in [4.78, 5) is 11.8. The molecule has 0 fully saturated rings. The number of rotatable bonds is 2. The molecule has 0 aromatic heterocycles. The summed E-state index contributed by atoms with van der Waals surface area (Å²) >= 11 is 0. The van der Waals surface area contributed by atoms with E-state index in [1.165, 1.54) is 6.07 Å². The first-order valence-electron chi connectivity index (χ1n) is 6.35. The van der Waals surface area contributed by atoms with Gasteiger partial charge in [-0.15, -0.1) is 0 Å². The van der Waals surface area contributed by atoms with Gasteiger partial charge < -0.3 is 9.47 Å². The highest BCUT2D eigenvalue weighted by atomic mass is 19.4. The molecular weight excluding hydrogens is 273 g/mol. The molecule has 0 aliphatic carbocycles. The highest BCUT2D eigenvalue weighted by molar-refractivity contribution is 5.74. The van der Waals surface area contributed by atoms with Crippen molar-refractivity contribution in [2.24, 2.45) is 5.92 Å². The smallest absolute Gasteiger partial charge is 0.416 e. The van der Waals surface area contributed by atoms with Gasteiger partial charge in [-0.1, -0.05) is 6.92 Å². The Balaban J connectivity index is 2.32. The summed E-state index contributed by atoms with van der Waals surface area (Å²) in [5.74, 6) is -1.000. The van der Waals surface area contributed by atoms with E-state index in [0.29, 0.717) is 11.3 Å². The minimum absolute atomic E-state index is 0.123. The van der Waals surface area contributed by atoms with Crippen LogP contribution in [0.1, 0.15) is 30.9 Å². The number of esters is 1. The molecule has 2 atom stereocenters. The summed E-state index contributed by atoms with van der Waals surface area (Å²) in [7, 11) is 0. The van der Waals surface area contributed by atoms with Gasteiger partial charge in [0.1, 0.15) is 12.4 Å². The Morgan fingerprint density at radius 2 is 2.15 bits per heavy atom. The van der Waals surface area contributed by atoms with Crippen LogP contribution in [0.2, 0.25) is 0 Å². The van der Waals surface area contributed by atoms with Crippen molar-refractivity contribution in [2.75, 3.05) is 13.2 Å². The molecule has 1 aromatic carbocycles. The van der Waals surface area contributed by atoms with Crippen LogP contribution in [-0.2, 0) is 15.7 Å². The first-order valence-corrected chi connectivity index (χ1v) is 6.35.